The van der Waals surface area contributed by atoms with Gasteiger partial charge in [-0.3, -0.25) is 0 Å². The molecule has 0 unspecified atom stereocenters. The van der Waals surface area contributed by atoms with Gasteiger partial charge < -0.3 is 20.6 Å². The Hall–Kier alpha value is -1.40. The fourth-order valence-electron chi connectivity index (χ4n) is 4.42. The van der Waals surface area contributed by atoms with Crippen LogP contribution in [0.25, 0.3) is 0 Å². The third-order valence-electron chi connectivity index (χ3n) is 5.98. The zero-order chi connectivity index (χ0) is 16.5. The number of nitrogens with two attached hydrogens (primary N) is 1. The molecule has 3 fully saturated rings. The van der Waals surface area contributed by atoms with Crippen LogP contribution in [0, 0.1) is 0 Å². The fraction of sp³-hybridized carbons (Fsp3) is 0.778. The SMILES string of the molecule is Nc1nc(C2CC(O)C2)cc(N2CCC(N3CCCCC3)CC2)n1. The summed E-state index contributed by atoms with van der Waals surface area (Å²) in [7, 11) is 0. The number of hydrogen-bond acceptors (Lipinski definition) is 6. The predicted molar refractivity (Wildman–Crippen MR) is 95.1 cm³/mol. The monoisotopic (exact) mass is 331 g/mol. The molecule has 3 heterocycles. The van der Waals surface area contributed by atoms with Crippen molar-refractivity contribution in [3.8, 4) is 0 Å². The molecular weight excluding hydrogens is 302 g/mol. The van der Waals surface area contributed by atoms with Gasteiger partial charge in [-0.05, 0) is 51.6 Å². The van der Waals surface area contributed by atoms with Crippen molar-refractivity contribution in [1.29, 1.82) is 0 Å². The van der Waals surface area contributed by atoms with Crippen molar-refractivity contribution in [2.75, 3.05) is 36.8 Å². The molecule has 2 aliphatic heterocycles. The molecule has 0 radical (unpaired) electrons. The van der Waals surface area contributed by atoms with Gasteiger partial charge in [-0.25, -0.2) is 4.98 Å². The van der Waals surface area contributed by atoms with Gasteiger partial charge in [0.1, 0.15) is 5.82 Å². The van der Waals surface area contributed by atoms with Gasteiger partial charge in [-0.15, -0.1) is 0 Å². The molecule has 0 amide bonds. The van der Waals surface area contributed by atoms with Crippen LogP contribution in [0.3, 0.4) is 0 Å². The number of aromatic nitrogens is 2. The molecule has 0 atom stereocenters. The number of hydrogen-bond donors (Lipinski definition) is 2. The lowest BCUT2D eigenvalue weighted by atomic mass is 9.80. The molecule has 3 aliphatic rings. The third kappa shape index (κ3) is 3.35. The van der Waals surface area contributed by atoms with Crippen molar-refractivity contribution in [1.82, 2.24) is 14.9 Å². The number of anilines is 2. The van der Waals surface area contributed by atoms with E-state index in [1.54, 1.807) is 0 Å². The molecular formula is C18H29N5O. The van der Waals surface area contributed by atoms with Gasteiger partial charge in [-0.1, -0.05) is 6.42 Å². The lowest BCUT2D eigenvalue weighted by molar-refractivity contribution is 0.0732. The van der Waals surface area contributed by atoms with Crippen LogP contribution in [0.5, 0.6) is 0 Å². The topological polar surface area (TPSA) is 78.5 Å². The van der Waals surface area contributed by atoms with Crippen LogP contribution < -0.4 is 10.6 Å². The first-order chi connectivity index (χ1) is 11.7. The predicted octanol–water partition coefficient (Wildman–Crippen LogP) is 1.75. The van der Waals surface area contributed by atoms with Gasteiger partial charge in [-0.2, -0.15) is 4.98 Å². The smallest absolute Gasteiger partial charge is 0.222 e. The molecule has 0 spiro atoms. The Labute approximate surface area is 144 Å². The first-order valence-electron chi connectivity index (χ1n) is 9.50. The van der Waals surface area contributed by atoms with Gasteiger partial charge in [0.2, 0.25) is 5.95 Å². The van der Waals surface area contributed by atoms with E-state index in [4.69, 9.17) is 5.73 Å². The lowest BCUT2D eigenvalue weighted by Gasteiger charge is -2.40. The zero-order valence-electron chi connectivity index (χ0n) is 14.4. The third-order valence-corrected chi connectivity index (χ3v) is 5.98. The Morgan fingerprint density at radius 3 is 2.38 bits per heavy atom. The minimum Gasteiger partial charge on any atom is -0.393 e. The Morgan fingerprint density at radius 1 is 1.00 bits per heavy atom. The number of aliphatic hydroxyl groups excluding tert-OH is 1. The largest absolute Gasteiger partial charge is 0.393 e. The summed E-state index contributed by atoms with van der Waals surface area (Å²) < 4.78 is 0. The Bertz CT molecular complexity index is 561. The minimum absolute atomic E-state index is 0.171. The maximum Gasteiger partial charge on any atom is 0.222 e. The zero-order valence-corrected chi connectivity index (χ0v) is 14.4. The molecule has 3 N–H and O–H groups in total. The summed E-state index contributed by atoms with van der Waals surface area (Å²) >= 11 is 0. The van der Waals surface area contributed by atoms with Crippen LogP contribution in [0.15, 0.2) is 6.07 Å². The molecule has 24 heavy (non-hydrogen) atoms. The second-order valence-electron chi connectivity index (χ2n) is 7.65. The van der Waals surface area contributed by atoms with E-state index in [2.05, 4.69) is 25.8 Å². The number of nitrogens with zero attached hydrogens (tertiary/aromatic N) is 4. The van der Waals surface area contributed by atoms with Crippen molar-refractivity contribution in [3.63, 3.8) is 0 Å². The van der Waals surface area contributed by atoms with Gasteiger partial charge in [0.25, 0.3) is 0 Å². The molecule has 0 aromatic carbocycles. The van der Waals surface area contributed by atoms with Crippen molar-refractivity contribution in [2.24, 2.45) is 0 Å². The molecule has 1 aromatic heterocycles. The second kappa shape index (κ2) is 6.84. The molecule has 0 bridgehead atoms. The minimum atomic E-state index is -0.171. The standard InChI is InChI=1S/C18H29N5O/c19-18-20-16(13-10-15(24)11-13)12-17(21-18)23-8-4-14(5-9-23)22-6-2-1-3-7-22/h12-15,24H,1-11H2,(H2,19,20,21). The molecule has 1 saturated carbocycles. The number of rotatable bonds is 3. The maximum absolute atomic E-state index is 9.53. The summed E-state index contributed by atoms with van der Waals surface area (Å²) in [5.74, 6) is 1.67. The van der Waals surface area contributed by atoms with E-state index < -0.39 is 0 Å². The summed E-state index contributed by atoms with van der Waals surface area (Å²) in [5.41, 5.74) is 6.94. The summed E-state index contributed by atoms with van der Waals surface area (Å²) in [6.45, 7) is 4.65. The molecule has 6 heteroatoms. The number of piperidine rings is 2. The number of nitrogen functional groups attached to an aromatic ring is 1. The number of likely N-dealkylation sites (tertiary alicyclic amines) is 1. The van der Waals surface area contributed by atoms with Crippen LogP contribution in [0.2, 0.25) is 0 Å². The van der Waals surface area contributed by atoms with Crippen LogP contribution in [-0.2, 0) is 0 Å². The summed E-state index contributed by atoms with van der Waals surface area (Å²) in [4.78, 5) is 13.9. The maximum atomic E-state index is 9.53. The van der Waals surface area contributed by atoms with E-state index in [1.807, 2.05) is 0 Å². The van der Waals surface area contributed by atoms with Crippen molar-refractivity contribution in [2.45, 2.75) is 63.0 Å². The van der Waals surface area contributed by atoms with E-state index in [1.165, 1.54) is 45.2 Å². The van der Waals surface area contributed by atoms with Crippen LogP contribution in [0.1, 0.15) is 56.6 Å². The van der Waals surface area contributed by atoms with Gasteiger partial charge in [0.15, 0.2) is 0 Å². The fourth-order valence-corrected chi connectivity index (χ4v) is 4.42. The van der Waals surface area contributed by atoms with Crippen molar-refractivity contribution in [3.05, 3.63) is 11.8 Å². The molecule has 6 nitrogen and oxygen atoms in total. The molecule has 2 saturated heterocycles. The van der Waals surface area contributed by atoms with Crippen LogP contribution >= 0.6 is 0 Å². The second-order valence-corrected chi connectivity index (χ2v) is 7.65. The van der Waals surface area contributed by atoms with Gasteiger partial charge in [0, 0.05) is 31.1 Å². The van der Waals surface area contributed by atoms with Gasteiger partial charge >= 0.3 is 0 Å². The number of aliphatic hydroxyl groups is 1. The van der Waals surface area contributed by atoms with E-state index >= 15 is 0 Å². The highest BCUT2D eigenvalue weighted by Crippen LogP contribution is 2.37. The molecule has 1 aliphatic carbocycles. The molecule has 4 rings (SSSR count). The van der Waals surface area contributed by atoms with E-state index in [0.717, 1.165) is 43.5 Å². The molecule has 1 aromatic rings. The lowest BCUT2D eigenvalue weighted by Crippen LogP contribution is -2.47. The van der Waals surface area contributed by atoms with Crippen molar-refractivity contribution >= 4 is 11.8 Å². The highest BCUT2D eigenvalue weighted by atomic mass is 16.3. The van der Waals surface area contributed by atoms with Gasteiger partial charge in [0.05, 0.1) is 11.8 Å². The highest BCUT2D eigenvalue weighted by molar-refractivity contribution is 5.45. The van der Waals surface area contributed by atoms with E-state index in [0.29, 0.717) is 11.9 Å². The van der Waals surface area contributed by atoms with E-state index in [9.17, 15) is 5.11 Å². The Balaban J connectivity index is 1.40. The van der Waals surface area contributed by atoms with E-state index in [-0.39, 0.29) is 6.10 Å². The van der Waals surface area contributed by atoms with Crippen LogP contribution in [0.4, 0.5) is 11.8 Å². The normalized spacial score (nSPS) is 29.5. The quantitative estimate of drug-likeness (QED) is 0.878. The summed E-state index contributed by atoms with van der Waals surface area (Å²) in [6.07, 6.45) is 7.96. The average molecular weight is 331 g/mol. The molecule has 132 valence electrons. The average Bonchev–Trinajstić information content (AvgIpc) is 2.59. The summed E-state index contributed by atoms with van der Waals surface area (Å²) in [6, 6.07) is 2.83. The summed E-state index contributed by atoms with van der Waals surface area (Å²) in [5, 5.41) is 9.53. The first kappa shape index (κ1) is 16.1. The highest BCUT2D eigenvalue weighted by Gasteiger charge is 2.31. The Morgan fingerprint density at radius 2 is 1.71 bits per heavy atom. The van der Waals surface area contributed by atoms with Crippen LogP contribution in [-0.4, -0.2) is 58.3 Å². The Kier molecular flexibility index (Phi) is 4.59. The first-order valence-corrected chi connectivity index (χ1v) is 9.50. The van der Waals surface area contributed by atoms with Crippen molar-refractivity contribution < 1.29 is 5.11 Å².